The lowest BCUT2D eigenvalue weighted by molar-refractivity contribution is 0.155. The van der Waals surface area contributed by atoms with Gasteiger partial charge in [0.15, 0.2) is 0 Å². The maximum atomic E-state index is 12.6. The molecule has 2 aromatic rings. The minimum Gasteiger partial charge on any atom is -0.371 e. The maximum absolute atomic E-state index is 12.6. The normalized spacial score (nSPS) is 18.5. The molecule has 1 aliphatic rings. The molecule has 3 heterocycles. The van der Waals surface area contributed by atoms with Gasteiger partial charge in [-0.05, 0) is 33.2 Å². The number of aromatic nitrogens is 4. The van der Waals surface area contributed by atoms with Gasteiger partial charge in [-0.2, -0.15) is 5.10 Å². The van der Waals surface area contributed by atoms with Crippen molar-refractivity contribution >= 4 is 17.3 Å². The lowest BCUT2D eigenvalue weighted by Gasteiger charge is -2.33. The molecule has 1 aliphatic heterocycles. The Balaban J connectivity index is 1.73. The lowest BCUT2D eigenvalue weighted by Crippen LogP contribution is -2.41. The molecule has 1 saturated heterocycles. The summed E-state index contributed by atoms with van der Waals surface area (Å²) in [6.07, 6.45) is 5.46. The van der Waals surface area contributed by atoms with Crippen LogP contribution < -0.4 is 10.5 Å². The Hall–Kier alpha value is -1.86. The van der Waals surface area contributed by atoms with Gasteiger partial charge in [0.05, 0.1) is 30.7 Å². The molecule has 0 bridgehead atoms. The van der Waals surface area contributed by atoms with Crippen LogP contribution in [0.5, 0.6) is 0 Å². The molecule has 26 heavy (non-hydrogen) atoms. The molecule has 0 radical (unpaired) electrons. The van der Waals surface area contributed by atoms with Gasteiger partial charge in [0, 0.05) is 32.7 Å². The monoisotopic (exact) mass is 378 g/mol. The largest absolute Gasteiger partial charge is 0.371 e. The van der Waals surface area contributed by atoms with E-state index in [9.17, 15) is 4.79 Å². The Morgan fingerprint density at radius 1 is 1.38 bits per heavy atom. The van der Waals surface area contributed by atoms with Crippen LogP contribution in [0.25, 0.3) is 0 Å². The number of nitrogens with zero attached hydrogens (tertiary/aromatic N) is 6. The molecule has 0 amide bonds. The standard InChI is InChI=1S/C18H27ClN6O/c1-13(2)22(3)15-8-18(26)25(21-9-15)14-6-5-7-24(11-14)12-17-20-10-16(19)23(17)4/h8-10,13-14H,5-7,11-12H2,1-4H3/t14-/m0/s1. The van der Waals surface area contributed by atoms with E-state index in [1.165, 1.54) is 0 Å². The Morgan fingerprint density at radius 3 is 2.77 bits per heavy atom. The first-order chi connectivity index (χ1) is 12.4. The third-order valence-corrected chi connectivity index (χ3v) is 5.56. The van der Waals surface area contributed by atoms with Gasteiger partial charge in [-0.1, -0.05) is 11.6 Å². The zero-order chi connectivity index (χ0) is 18.8. The molecule has 8 heteroatoms. The fourth-order valence-electron chi connectivity index (χ4n) is 3.32. The molecule has 0 unspecified atom stereocenters. The van der Waals surface area contributed by atoms with Gasteiger partial charge in [-0.3, -0.25) is 9.69 Å². The van der Waals surface area contributed by atoms with E-state index in [0.717, 1.165) is 44.0 Å². The molecule has 1 fully saturated rings. The molecule has 0 aliphatic carbocycles. The number of likely N-dealkylation sites (tertiary alicyclic amines) is 1. The predicted octanol–water partition coefficient (Wildman–Crippen LogP) is 2.31. The van der Waals surface area contributed by atoms with Crippen molar-refractivity contribution in [3.8, 4) is 0 Å². The molecular formula is C18H27ClN6O. The molecule has 0 spiro atoms. The summed E-state index contributed by atoms with van der Waals surface area (Å²) in [5.74, 6) is 0.935. The van der Waals surface area contributed by atoms with Gasteiger partial charge in [0.25, 0.3) is 5.56 Å². The molecule has 0 aromatic carbocycles. The van der Waals surface area contributed by atoms with E-state index >= 15 is 0 Å². The minimum absolute atomic E-state index is 0.0399. The van der Waals surface area contributed by atoms with Crippen LogP contribution in [0, 0.1) is 0 Å². The van der Waals surface area contributed by atoms with E-state index < -0.39 is 0 Å². The third-order valence-electron chi connectivity index (χ3n) is 5.21. The molecule has 1 atom stereocenters. The Kier molecular flexibility index (Phi) is 5.67. The molecule has 7 nitrogen and oxygen atoms in total. The summed E-state index contributed by atoms with van der Waals surface area (Å²) in [6, 6.07) is 2.09. The van der Waals surface area contributed by atoms with Crippen molar-refractivity contribution < 1.29 is 0 Å². The highest BCUT2D eigenvalue weighted by Crippen LogP contribution is 2.22. The first-order valence-corrected chi connectivity index (χ1v) is 9.44. The molecule has 0 N–H and O–H groups in total. The summed E-state index contributed by atoms with van der Waals surface area (Å²) in [5.41, 5.74) is 0.818. The first kappa shape index (κ1) is 18.9. The number of halogens is 1. The van der Waals surface area contributed by atoms with E-state index in [-0.39, 0.29) is 11.6 Å². The molecule has 3 rings (SSSR count). The third kappa shape index (κ3) is 3.94. The fourth-order valence-corrected chi connectivity index (χ4v) is 3.47. The summed E-state index contributed by atoms with van der Waals surface area (Å²) >= 11 is 6.08. The van der Waals surface area contributed by atoms with Crippen LogP contribution in [-0.4, -0.2) is 50.4 Å². The SMILES string of the molecule is CC(C)N(C)c1cnn([C@H]2CCCN(Cc3ncc(Cl)n3C)C2)c(=O)c1. The highest BCUT2D eigenvalue weighted by molar-refractivity contribution is 6.29. The Morgan fingerprint density at radius 2 is 2.15 bits per heavy atom. The second-order valence-corrected chi connectivity index (χ2v) is 7.68. The van der Waals surface area contributed by atoms with E-state index in [2.05, 4.69) is 33.7 Å². The van der Waals surface area contributed by atoms with Crippen molar-refractivity contribution in [2.24, 2.45) is 7.05 Å². The quantitative estimate of drug-likeness (QED) is 0.799. The van der Waals surface area contributed by atoms with E-state index in [1.807, 2.05) is 18.7 Å². The molecular weight excluding hydrogens is 352 g/mol. The maximum Gasteiger partial charge on any atom is 0.269 e. The molecule has 142 valence electrons. The van der Waals surface area contributed by atoms with Gasteiger partial charge in [0.2, 0.25) is 0 Å². The van der Waals surface area contributed by atoms with Crippen LogP contribution in [0.3, 0.4) is 0 Å². The van der Waals surface area contributed by atoms with Gasteiger partial charge < -0.3 is 9.47 Å². The van der Waals surface area contributed by atoms with Crippen LogP contribution in [0.4, 0.5) is 5.69 Å². The second kappa shape index (κ2) is 7.80. The lowest BCUT2D eigenvalue weighted by atomic mass is 10.1. The molecule has 0 saturated carbocycles. The van der Waals surface area contributed by atoms with Crippen LogP contribution in [0.1, 0.15) is 38.6 Å². The fraction of sp³-hybridized carbons (Fsp3) is 0.611. The Bertz CT molecular complexity index is 814. The van der Waals surface area contributed by atoms with Crippen LogP contribution in [0.15, 0.2) is 23.3 Å². The van der Waals surface area contributed by atoms with Crippen molar-refractivity contribution in [2.75, 3.05) is 25.0 Å². The highest BCUT2D eigenvalue weighted by atomic mass is 35.5. The zero-order valence-corrected chi connectivity index (χ0v) is 16.6. The average Bonchev–Trinajstić information content (AvgIpc) is 2.93. The number of hydrogen-bond donors (Lipinski definition) is 0. The van der Waals surface area contributed by atoms with Gasteiger partial charge in [-0.25, -0.2) is 9.67 Å². The summed E-state index contributed by atoms with van der Waals surface area (Å²) in [4.78, 5) is 21.3. The van der Waals surface area contributed by atoms with Gasteiger partial charge >= 0.3 is 0 Å². The van der Waals surface area contributed by atoms with Crippen LogP contribution in [0.2, 0.25) is 5.15 Å². The Labute approximate surface area is 159 Å². The number of anilines is 1. The van der Waals surface area contributed by atoms with Crippen molar-refractivity contribution in [3.05, 3.63) is 39.8 Å². The summed E-state index contributed by atoms with van der Waals surface area (Å²) in [7, 11) is 3.90. The van der Waals surface area contributed by atoms with Crippen LogP contribution >= 0.6 is 11.6 Å². The number of piperidine rings is 1. The summed E-state index contributed by atoms with van der Waals surface area (Å²) in [6.45, 7) is 6.69. The van der Waals surface area contributed by atoms with Gasteiger partial charge in [-0.15, -0.1) is 0 Å². The van der Waals surface area contributed by atoms with Crippen LogP contribution in [-0.2, 0) is 13.6 Å². The first-order valence-electron chi connectivity index (χ1n) is 9.07. The van der Waals surface area contributed by atoms with E-state index in [0.29, 0.717) is 11.2 Å². The minimum atomic E-state index is -0.0399. The number of imidazole rings is 1. The van der Waals surface area contributed by atoms with Gasteiger partial charge in [0.1, 0.15) is 11.0 Å². The van der Waals surface area contributed by atoms with Crippen molar-refractivity contribution in [2.45, 2.75) is 45.3 Å². The summed E-state index contributed by atoms with van der Waals surface area (Å²) < 4.78 is 3.53. The number of hydrogen-bond acceptors (Lipinski definition) is 5. The average molecular weight is 379 g/mol. The predicted molar refractivity (Wildman–Crippen MR) is 104 cm³/mol. The van der Waals surface area contributed by atoms with E-state index in [1.54, 1.807) is 23.1 Å². The second-order valence-electron chi connectivity index (χ2n) is 7.29. The zero-order valence-electron chi connectivity index (χ0n) is 15.9. The van der Waals surface area contributed by atoms with E-state index in [4.69, 9.17) is 11.6 Å². The van der Waals surface area contributed by atoms with Crippen molar-refractivity contribution in [1.82, 2.24) is 24.2 Å². The smallest absolute Gasteiger partial charge is 0.269 e. The highest BCUT2D eigenvalue weighted by Gasteiger charge is 2.24. The summed E-state index contributed by atoms with van der Waals surface area (Å²) in [5, 5.41) is 5.10. The van der Waals surface area contributed by atoms with Crippen molar-refractivity contribution in [1.29, 1.82) is 0 Å². The number of rotatable bonds is 5. The topological polar surface area (TPSA) is 59.2 Å². The van der Waals surface area contributed by atoms with Crippen molar-refractivity contribution in [3.63, 3.8) is 0 Å². The molecule has 2 aromatic heterocycles.